The summed E-state index contributed by atoms with van der Waals surface area (Å²) in [4.78, 5) is 6.85. The van der Waals surface area contributed by atoms with Crippen molar-refractivity contribution >= 4 is 38.4 Å². The summed E-state index contributed by atoms with van der Waals surface area (Å²) >= 11 is 3.65. The van der Waals surface area contributed by atoms with Crippen LogP contribution in [0, 0.1) is 0 Å². The van der Waals surface area contributed by atoms with Crippen LogP contribution in [0.15, 0.2) is 18.2 Å². The lowest BCUT2D eigenvalue weighted by Crippen LogP contribution is -2.42. The predicted octanol–water partition coefficient (Wildman–Crippen LogP) is 3.21. The molecule has 3 rings (SSSR count). The van der Waals surface area contributed by atoms with Crippen molar-refractivity contribution in [2.45, 2.75) is 25.1 Å². The van der Waals surface area contributed by atoms with E-state index in [0.29, 0.717) is 9.88 Å². The van der Waals surface area contributed by atoms with Gasteiger partial charge < -0.3 is 5.73 Å². The normalized spacial score (nSPS) is 19.9. The van der Waals surface area contributed by atoms with Crippen molar-refractivity contribution in [3.63, 3.8) is 0 Å². The molecule has 0 amide bonds. The summed E-state index contributed by atoms with van der Waals surface area (Å²) in [6, 6.07) is 6.50. The molecule has 0 atom stereocenters. The molecule has 5 heteroatoms. The Balaban J connectivity index is 1.77. The number of nitrogen functional groups attached to an aromatic ring is 1. The molecule has 0 radical (unpaired) electrons. The molecule has 0 spiro atoms. The van der Waals surface area contributed by atoms with Crippen LogP contribution in [0.1, 0.15) is 19.4 Å². The number of rotatable bonds is 2. The third-order valence-electron chi connectivity index (χ3n) is 3.38. The molecule has 102 valence electrons. The molecule has 0 bridgehead atoms. The number of hydrogen-bond donors (Lipinski definition) is 1. The summed E-state index contributed by atoms with van der Waals surface area (Å²) in [7, 11) is 0. The van der Waals surface area contributed by atoms with Crippen molar-refractivity contribution in [3.05, 3.63) is 23.8 Å². The van der Waals surface area contributed by atoms with Gasteiger partial charge in [-0.1, -0.05) is 17.4 Å². The van der Waals surface area contributed by atoms with E-state index in [0.717, 1.165) is 18.6 Å². The van der Waals surface area contributed by atoms with Crippen LogP contribution < -0.4 is 5.73 Å². The quantitative estimate of drug-likeness (QED) is 0.923. The van der Waals surface area contributed by atoms with E-state index in [4.69, 9.17) is 5.73 Å². The number of aromatic nitrogens is 1. The number of hydrogen-bond acceptors (Lipinski definition) is 5. The molecule has 1 aliphatic rings. The van der Waals surface area contributed by atoms with Gasteiger partial charge in [0.1, 0.15) is 0 Å². The lowest BCUT2D eigenvalue weighted by molar-refractivity contribution is 0.252. The molecule has 1 aliphatic heterocycles. The lowest BCUT2D eigenvalue weighted by atomic mass is 10.1. The Kier molecular flexibility index (Phi) is 3.45. The number of thioether (sulfide) groups is 1. The van der Waals surface area contributed by atoms with Crippen LogP contribution in [0.4, 0.5) is 5.13 Å². The molecule has 2 N–H and O–H groups in total. The minimum absolute atomic E-state index is 0.372. The second-order valence-electron chi connectivity index (χ2n) is 5.67. The predicted molar refractivity (Wildman–Crippen MR) is 85.8 cm³/mol. The van der Waals surface area contributed by atoms with E-state index in [2.05, 4.69) is 53.7 Å². The maximum atomic E-state index is 5.75. The first-order valence-electron chi connectivity index (χ1n) is 6.53. The fourth-order valence-corrected chi connectivity index (χ4v) is 4.57. The highest BCUT2D eigenvalue weighted by Crippen LogP contribution is 2.31. The fourth-order valence-electron chi connectivity index (χ4n) is 2.59. The molecule has 2 aromatic rings. The number of nitrogens with zero attached hydrogens (tertiary/aromatic N) is 2. The molecule has 0 aliphatic carbocycles. The van der Waals surface area contributed by atoms with E-state index in [1.165, 1.54) is 22.6 Å². The third kappa shape index (κ3) is 3.04. The minimum atomic E-state index is 0.372. The maximum Gasteiger partial charge on any atom is 0.181 e. The average Bonchev–Trinajstić information content (AvgIpc) is 2.67. The van der Waals surface area contributed by atoms with Crippen LogP contribution in [0.25, 0.3) is 10.2 Å². The Hall–Kier alpha value is -0.780. The van der Waals surface area contributed by atoms with E-state index < -0.39 is 0 Å². The van der Waals surface area contributed by atoms with E-state index in [9.17, 15) is 0 Å². The molecule has 1 aromatic carbocycles. The number of thiazole rings is 1. The van der Waals surface area contributed by atoms with Crippen LogP contribution in [0.5, 0.6) is 0 Å². The highest BCUT2D eigenvalue weighted by Gasteiger charge is 2.26. The molecule has 19 heavy (non-hydrogen) atoms. The van der Waals surface area contributed by atoms with Crippen LogP contribution in [0.2, 0.25) is 0 Å². The van der Waals surface area contributed by atoms with Gasteiger partial charge in [0.25, 0.3) is 0 Å². The van der Waals surface area contributed by atoms with Crippen molar-refractivity contribution in [2.24, 2.45) is 0 Å². The van der Waals surface area contributed by atoms with Crippen LogP contribution in [-0.4, -0.2) is 33.5 Å². The highest BCUT2D eigenvalue weighted by molar-refractivity contribution is 8.00. The molecule has 1 aromatic heterocycles. The maximum absolute atomic E-state index is 5.75. The summed E-state index contributed by atoms with van der Waals surface area (Å²) in [6.07, 6.45) is 0. The molecule has 0 unspecified atom stereocenters. The number of benzene rings is 1. The number of fused-ring (bicyclic) bond motifs is 1. The van der Waals surface area contributed by atoms with Gasteiger partial charge in [-0.15, -0.1) is 0 Å². The van der Waals surface area contributed by atoms with Gasteiger partial charge in [-0.05, 0) is 31.5 Å². The third-order valence-corrected chi connectivity index (χ3v) is 5.52. The van der Waals surface area contributed by atoms with Gasteiger partial charge in [-0.25, -0.2) is 4.98 Å². The van der Waals surface area contributed by atoms with E-state index in [-0.39, 0.29) is 0 Å². The van der Waals surface area contributed by atoms with Gasteiger partial charge in [-0.2, -0.15) is 11.8 Å². The highest BCUT2D eigenvalue weighted by atomic mass is 32.2. The Morgan fingerprint density at radius 3 is 3.05 bits per heavy atom. The van der Waals surface area contributed by atoms with Crippen molar-refractivity contribution in [1.82, 2.24) is 9.88 Å². The summed E-state index contributed by atoms with van der Waals surface area (Å²) in [5.41, 5.74) is 8.13. The summed E-state index contributed by atoms with van der Waals surface area (Å²) in [5, 5.41) is 0.655. The number of anilines is 1. The van der Waals surface area contributed by atoms with E-state index in [1.54, 1.807) is 11.3 Å². The summed E-state index contributed by atoms with van der Waals surface area (Å²) < 4.78 is 1.57. The number of nitrogens with two attached hydrogens (primary N) is 1. The van der Waals surface area contributed by atoms with Gasteiger partial charge in [0.2, 0.25) is 0 Å². The fraction of sp³-hybridized carbons (Fsp3) is 0.500. The first-order chi connectivity index (χ1) is 9.02. The molecule has 1 fully saturated rings. The zero-order chi connectivity index (χ0) is 13.5. The first kappa shape index (κ1) is 13.2. The molecule has 0 saturated carbocycles. The topological polar surface area (TPSA) is 42.2 Å². The van der Waals surface area contributed by atoms with Crippen LogP contribution >= 0.6 is 23.1 Å². The monoisotopic (exact) mass is 293 g/mol. The van der Waals surface area contributed by atoms with E-state index in [1.807, 2.05) is 0 Å². The zero-order valence-electron chi connectivity index (χ0n) is 11.3. The Labute approximate surface area is 122 Å². The molecule has 2 heterocycles. The van der Waals surface area contributed by atoms with Crippen LogP contribution in [-0.2, 0) is 6.54 Å². The second-order valence-corrected chi connectivity index (χ2v) is 8.54. The Morgan fingerprint density at radius 1 is 1.42 bits per heavy atom. The standard InChI is InChI=1S/C14H19N3S2/c1-14(2)9-17(5-6-18-14)8-10-3-4-11-12(7-10)19-13(15)16-11/h3-4,7H,5-6,8-9H2,1-2H3,(H2,15,16). The zero-order valence-corrected chi connectivity index (χ0v) is 13.0. The van der Waals surface area contributed by atoms with Gasteiger partial charge in [0, 0.05) is 30.1 Å². The molecular weight excluding hydrogens is 274 g/mol. The summed E-state index contributed by atoms with van der Waals surface area (Å²) in [5.74, 6) is 1.22. The second kappa shape index (κ2) is 4.96. The van der Waals surface area contributed by atoms with Gasteiger partial charge in [-0.3, -0.25) is 4.90 Å². The van der Waals surface area contributed by atoms with Crippen molar-refractivity contribution in [2.75, 3.05) is 24.6 Å². The Morgan fingerprint density at radius 2 is 2.26 bits per heavy atom. The van der Waals surface area contributed by atoms with Crippen molar-refractivity contribution in [1.29, 1.82) is 0 Å². The molecule has 1 saturated heterocycles. The summed E-state index contributed by atoms with van der Waals surface area (Å²) in [6.45, 7) is 8.02. The first-order valence-corrected chi connectivity index (χ1v) is 8.33. The van der Waals surface area contributed by atoms with Gasteiger partial charge in [0.15, 0.2) is 5.13 Å². The molecule has 3 nitrogen and oxygen atoms in total. The van der Waals surface area contributed by atoms with Crippen LogP contribution in [0.3, 0.4) is 0 Å². The SMILES string of the molecule is CC1(C)CN(Cc2ccc3nc(N)sc3c2)CCS1. The van der Waals surface area contributed by atoms with Crippen molar-refractivity contribution < 1.29 is 0 Å². The smallest absolute Gasteiger partial charge is 0.181 e. The average molecular weight is 293 g/mol. The van der Waals surface area contributed by atoms with Gasteiger partial charge in [0.05, 0.1) is 10.2 Å². The minimum Gasteiger partial charge on any atom is -0.375 e. The molecular formula is C14H19N3S2. The lowest BCUT2D eigenvalue weighted by Gasteiger charge is -2.37. The van der Waals surface area contributed by atoms with Crippen molar-refractivity contribution in [3.8, 4) is 0 Å². The largest absolute Gasteiger partial charge is 0.375 e. The van der Waals surface area contributed by atoms with E-state index >= 15 is 0 Å². The Bertz CT molecular complexity index is 591. The van der Waals surface area contributed by atoms with Gasteiger partial charge >= 0.3 is 0 Å².